The molecule has 3 rings (SSSR count). The predicted molar refractivity (Wildman–Crippen MR) is 95.2 cm³/mol. The van der Waals surface area contributed by atoms with Gasteiger partial charge in [0.2, 0.25) is 5.91 Å². The van der Waals surface area contributed by atoms with E-state index in [1.54, 1.807) is 10.5 Å². The molecule has 1 saturated carbocycles. The number of thiazole rings is 1. The van der Waals surface area contributed by atoms with E-state index in [0.29, 0.717) is 16.8 Å². The molecule has 1 N–H and O–H groups in total. The average molecular weight is 351 g/mol. The Kier molecular flexibility index (Phi) is 5.06. The summed E-state index contributed by atoms with van der Waals surface area (Å²) in [7, 11) is 0. The summed E-state index contributed by atoms with van der Waals surface area (Å²) in [6, 6.07) is 1.92. The monoisotopic (exact) mass is 351 g/mol. The van der Waals surface area contributed by atoms with E-state index >= 15 is 0 Å². The van der Waals surface area contributed by atoms with Crippen molar-refractivity contribution in [3.05, 3.63) is 33.2 Å². The van der Waals surface area contributed by atoms with Crippen LogP contribution in [0.5, 0.6) is 0 Å². The Hall–Kier alpha value is -1.34. The largest absolute Gasteiger partial charge is 0.352 e. The van der Waals surface area contributed by atoms with Gasteiger partial charge in [-0.25, -0.2) is 4.98 Å². The number of hydrogen-bond acceptors (Lipinski definition) is 5. The molecule has 1 atom stereocenters. The molecule has 5 nitrogen and oxygen atoms in total. The van der Waals surface area contributed by atoms with Gasteiger partial charge in [-0.15, -0.1) is 23.1 Å². The van der Waals surface area contributed by atoms with E-state index in [1.165, 1.54) is 35.9 Å². The molecule has 1 fully saturated rings. The number of nitrogens with zero attached hydrogens (tertiary/aromatic N) is 2. The van der Waals surface area contributed by atoms with E-state index in [9.17, 15) is 9.59 Å². The standard InChI is InChI=1S/C16H21N3O2S2/c1-10-8-23-16-18-13(7-14(20)19(10)16)9-22-11(2)15(21)17-12-5-3-4-6-12/h7-8,11-12H,3-6,9H2,1-2H3,(H,17,21). The van der Waals surface area contributed by atoms with Crippen LogP contribution >= 0.6 is 23.1 Å². The van der Waals surface area contributed by atoms with Crippen molar-refractivity contribution in [3.8, 4) is 0 Å². The zero-order valence-electron chi connectivity index (χ0n) is 13.4. The molecule has 7 heteroatoms. The smallest absolute Gasteiger partial charge is 0.258 e. The molecule has 2 aromatic rings. The molecule has 0 bridgehead atoms. The van der Waals surface area contributed by atoms with Crippen LogP contribution < -0.4 is 10.9 Å². The minimum atomic E-state index is -0.138. The number of aryl methyl sites for hydroxylation is 1. The van der Waals surface area contributed by atoms with Crippen molar-refractivity contribution in [2.45, 2.75) is 56.6 Å². The topological polar surface area (TPSA) is 63.5 Å². The molecule has 1 aliphatic carbocycles. The molecule has 0 radical (unpaired) electrons. The maximum absolute atomic E-state index is 12.2. The number of rotatable bonds is 5. The molecule has 0 aliphatic heterocycles. The Morgan fingerprint density at radius 3 is 3.00 bits per heavy atom. The van der Waals surface area contributed by atoms with E-state index in [2.05, 4.69) is 10.3 Å². The summed E-state index contributed by atoms with van der Waals surface area (Å²) in [5, 5.41) is 4.91. The van der Waals surface area contributed by atoms with Crippen LogP contribution in [0.3, 0.4) is 0 Å². The van der Waals surface area contributed by atoms with Gasteiger partial charge >= 0.3 is 0 Å². The molecule has 1 amide bonds. The average Bonchev–Trinajstić information content (AvgIpc) is 3.15. The Bertz CT molecular complexity index is 762. The van der Waals surface area contributed by atoms with Crippen molar-refractivity contribution in [2.75, 3.05) is 0 Å². The van der Waals surface area contributed by atoms with E-state index < -0.39 is 0 Å². The zero-order chi connectivity index (χ0) is 16.4. The quantitative estimate of drug-likeness (QED) is 0.900. The molecular weight excluding hydrogens is 330 g/mol. The Morgan fingerprint density at radius 2 is 2.26 bits per heavy atom. The molecule has 1 unspecified atom stereocenters. The summed E-state index contributed by atoms with van der Waals surface area (Å²) in [4.78, 5) is 29.6. The molecule has 0 aromatic carbocycles. The van der Waals surface area contributed by atoms with Gasteiger partial charge in [0.25, 0.3) is 5.56 Å². The minimum absolute atomic E-state index is 0.0487. The number of aromatic nitrogens is 2. The normalized spacial score (nSPS) is 16.8. The summed E-state index contributed by atoms with van der Waals surface area (Å²) in [6.45, 7) is 3.81. The lowest BCUT2D eigenvalue weighted by molar-refractivity contribution is -0.120. The van der Waals surface area contributed by atoms with E-state index in [4.69, 9.17) is 0 Å². The zero-order valence-corrected chi connectivity index (χ0v) is 15.0. The van der Waals surface area contributed by atoms with Gasteiger partial charge in [0.05, 0.1) is 10.9 Å². The highest BCUT2D eigenvalue weighted by molar-refractivity contribution is 7.99. The van der Waals surface area contributed by atoms with E-state index in [-0.39, 0.29) is 16.7 Å². The second kappa shape index (κ2) is 7.05. The fourth-order valence-corrected chi connectivity index (χ4v) is 4.53. The molecular formula is C16H21N3O2S2. The van der Waals surface area contributed by atoms with Crippen molar-refractivity contribution in [1.82, 2.24) is 14.7 Å². The summed E-state index contributed by atoms with van der Waals surface area (Å²) < 4.78 is 1.62. The van der Waals surface area contributed by atoms with Crippen LogP contribution in [0, 0.1) is 6.92 Å². The van der Waals surface area contributed by atoms with Crippen LogP contribution in [0.25, 0.3) is 4.96 Å². The van der Waals surface area contributed by atoms with Crippen LogP contribution in [0.1, 0.15) is 44.0 Å². The third kappa shape index (κ3) is 3.77. The number of amides is 1. The van der Waals surface area contributed by atoms with Gasteiger partial charge < -0.3 is 5.32 Å². The van der Waals surface area contributed by atoms with Crippen LogP contribution in [0.2, 0.25) is 0 Å². The fraction of sp³-hybridized carbons (Fsp3) is 0.562. The minimum Gasteiger partial charge on any atom is -0.352 e. The van der Waals surface area contributed by atoms with E-state index in [1.807, 2.05) is 19.2 Å². The number of hydrogen-bond donors (Lipinski definition) is 1. The van der Waals surface area contributed by atoms with Crippen molar-refractivity contribution < 1.29 is 4.79 Å². The highest BCUT2D eigenvalue weighted by atomic mass is 32.2. The second-order valence-corrected chi connectivity index (χ2v) is 8.19. The van der Waals surface area contributed by atoms with Gasteiger partial charge in [0.1, 0.15) is 0 Å². The number of carbonyl (C=O) groups excluding carboxylic acids is 1. The summed E-state index contributed by atoms with van der Waals surface area (Å²) in [5.41, 5.74) is 1.60. The first-order valence-corrected chi connectivity index (χ1v) is 9.86. The maximum Gasteiger partial charge on any atom is 0.258 e. The first-order chi connectivity index (χ1) is 11.0. The summed E-state index contributed by atoms with van der Waals surface area (Å²) in [6.07, 6.45) is 4.60. The number of nitrogens with one attached hydrogen (secondary N) is 1. The van der Waals surface area contributed by atoms with Crippen LogP contribution in [0.15, 0.2) is 16.2 Å². The lowest BCUT2D eigenvalue weighted by Gasteiger charge is -2.16. The van der Waals surface area contributed by atoms with E-state index in [0.717, 1.165) is 24.2 Å². The lowest BCUT2D eigenvalue weighted by atomic mass is 10.2. The third-order valence-corrected chi connectivity index (χ3v) is 6.30. The van der Waals surface area contributed by atoms with Gasteiger partial charge in [0.15, 0.2) is 4.96 Å². The van der Waals surface area contributed by atoms with Crippen LogP contribution in [-0.4, -0.2) is 26.6 Å². The first kappa shape index (κ1) is 16.5. The van der Waals surface area contributed by atoms with Crippen molar-refractivity contribution >= 4 is 34.0 Å². The van der Waals surface area contributed by atoms with Crippen LogP contribution in [-0.2, 0) is 10.5 Å². The van der Waals surface area contributed by atoms with Crippen molar-refractivity contribution in [2.24, 2.45) is 0 Å². The Balaban J connectivity index is 1.61. The molecule has 1 aliphatic rings. The third-order valence-electron chi connectivity index (χ3n) is 4.18. The molecule has 2 heterocycles. The Labute approximate surface area is 143 Å². The van der Waals surface area contributed by atoms with Gasteiger partial charge in [-0.1, -0.05) is 12.8 Å². The van der Waals surface area contributed by atoms with Crippen molar-refractivity contribution in [3.63, 3.8) is 0 Å². The molecule has 0 spiro atoms. The molecule has 23 heavy (non-hydrogen) atoms. The van der Waals surface area contributed by atoms with Crippen LogP contribution in [0.4, 0.5) is 0 Å². The molecule has 0 saturated heterocycles. The highest BCUT2D eigenvalue weighted by Crippen LogP contribution is 2.21. The number of thioether (sulfide) groups is 1. The van der Waals surface area contributed by atoms with Gasteiger partial charge in [-0.3, -0.25) is 14.0 Å². The highest BCUT2D eigenvalue weighted by Gasteiger charge is 2.21. The number of carbonyl (C=O) groups is 1. The SMILES string of the molecule is Cc1csc2nc(CSC(C)C(=O)NC3CCCC3)cc(=O)n12. The first-order valence-electron chi connectivity index (χ1n) is 7.93. The summed E-state index contributed by atoms with van der Waals surface area (Å²) in [5.74, 6) is 0.661. The molecule has 124 valence electrons. The second-order valence-electron chi connectivity index (χ2n) is 6.02. The maximum atomic E-state index is 12.2. The summed E-state index contributed by atoms with van der Waals surface area (Å²) >= 11 is 2.99. The van der Waals surface area contributed by atoms with Gasteiger partial charge in [0, 0.05) is 28.9 Å². The van der Waals surface area contributed by atoms with Gasteiger partial charge in [-0.05, 0) is 26.7 Å². The Morgan fingerprint density at radius 1 is 1.52 bits per heavy atom. The lowest BCUT2D eigenvalue weighted by Crippen LogP contribution is -2.37. The van der Waals surface area contributed by atoms with Crippen molar-refractivity contribution in [1.29, 1.82) is 0 Å². The van der Waals surface area contributed by atoms with Gasteiger partial charge in [-0.2, -0.15) is 0 Å². The predicted octanol–water partition coefficient (Wildman–Crippen LogP) is 2.74. The fourth-order valence-electron chi connectivity index (χ4n) is 2.85. The number of fused-ring (bicyclic) bond motifs is 1. The molecule has 2 aromatic heterocycles.